The first-order valence-corrected chi connectivity index (χ1v) is 8.37. The molecule has 0 spiro atoms. The van der Waals surface area contributed by atoms with Gasteiger partial charge >= 0.3 is 0 Å². The maximum atomic E-state index is 12.5. The molecule has 7 nitrogen and oxygen atoms in total. The predicted molar refractivity (Wildman–Crippen MR) is 86.6 cm³/mol. The molecule has 0 radical (unpaired) electrons. The minimum Gasteiger partial charge on any atom is -0.311 e. The molecule has 1 fully saturated rings. The van der Waals surface area contributed by atoms with E-state index in [-0.39, 0.29) is 35.9 Å². The zero-order valence-electron chi connectivity index (χ0n) is 12.4. The lowest BCUT2D eigenvalue weighted by Gasteiger charge is -2.36. The summed E-state index contributed by atoms with van der Waals surface area (Å²) in [5.74, 6) is -0.137. The van der Waals surface area contributed by atoms with E-state index in [1.165, 1.54) is 28.6 Å². The van der Waals surface area contributed by atoms with Gasteiger partial charge in [0, 0.05) is 37.3 Å². The molecule has 1 aliphatic rings. The van der Waals surface area contributed by atoms with Crippen molar-refractivity contribution >= 4 is 28.1 Å². The number of piperazine rings is 1. The van der Waals surface area contributed by atoms with Gasteiger partial charge in [0.2, 0.25) is 10.0 Å². The van der Waals surface area contributed by atoms with E-state index in [0.29, 0.717) is 18.7 Å². The number of hydrogen-bond donors (Lipinski definition) is 1. The molecule has 2 rings (SSSR count). The summed E-state index contributed by atoms with van der Waals surface area (Å²) in [6.07, 6.45) is 0. The maximum Gasteiger partial charge on any atom is 0.269 e. The number of nitro benzene ring substituents is 1. The zero-order valence-corrected chi connectivity index (χ0v) is 14.1. The van der Waals surface area contributed by atoms with Crippen LogP contribution in [0.25, 0.3) is 0 Å². The van der Waals surface area contributed by atoms with Crippen LogP contribution in [0.1, 0.15) is 19.4 Å². The van der Waals surface area contributed by atoms with Gasteiger partial charge in [-0.3, -0.25) is 10.1 Å². The molecule has 2 atom stereocenters. The van der Waals surface area contributed by atoms with Gasteiger partial charge in [0.05, 0.1) is 10.7 Å². The van der Waals surface area contributed by atoms with E-state index in [4.69, 9.17) is 0 Å². The van der Waals surface area contributed by atoms with Crippen LogP contribution in [0.5, 0.6) is 0 Å². The normalized spacial score (nSPS) is 22.8. The monoisotopic (exact) mass is 349 g/mol. The maximum absolute atomic E-state index is 12.5. The van der Waals surface area contributed by atoms with Crippen molar-refractivity contribution in [2.45, 2.75) is 31.7 Å². The van der Waals surface area contributed by atoms with Crippen LogP contribution in [-0.4, -0.2) is 42.8 Å². The Labute approximate surface area is 136 Å². The second-order valence-electron chi connectivity index (χ2n) is 5.41. The van der Waals surface area contributed by atoms with E-state index in [1.807, 2.05) is 13.8 Å². The summed E-state index contributed by atoms with van der Waals surface area (Å²) in [6.45, 7) is 4.88. The molecule has 22 heavy (non-hydrogen) atoms. The molecule has 9 heteroatoms. The minimum absolute atomic E-state index is 0. The topological polar surface area (TPSA) is 92.5 Å². The van der Waals surface area contributed by atoms with Gasteiger partial charge in [0.15, 0.2) is 0 Å². The van der Waals surface area contributed by atoms with Crippen molar-refractivity contribution in [2.75, 3.05) is 13.1 Å². The summed E-state index contributed by atoms with van der Waals surface area (Å²) in [4.78, 5) is 10.1. The first-order chi connectivity index (χ1) is 9.79. The summed E-state index contributed by atoms with van der Waals surface area (Å²) in [5, 5.41) is 13.8. The Morgan fingerprint density at radius 2 is 1.91 bits per heavy atom. The third-order valence-electron chi connectivity index (χ3n) is 3.56. The Bertz CT molecular complexity index is 621. The van der Waals surface area contributed by atoms with E-state index >= 15 is 0 Å². The third kappa shape index (κ3) is 4.39. The van der Waals surface area contributed by atoms with Crippen LogP contribution in [0.4, 0.5) is 5.69 Å². The van der Waals surface area contributed by atoms with Crippen molar-refractivity contribution < 1.29 is 13.3 Å². The standard InChI is InChI=1S/C13H19N3O4S.ClH/c1-10-8-15(11(2)7-14-10)21(19,20)9-12-3-5-13(6-4-12)16(17)18;/h3-6,10-11,14H,7-9H2,1-2H3;1H. The van der Waals surface area contributed by atoms with Crippen molar-refractivity contribution in [3.05, 3.63) is 39.9 Å². The first-order valence-electron chi connectivity index (χ1n) is 6.76. The molecule has 0 saturated carbocycles. The summed E-state index contributed by atoms with van der Waals surface area (Å²) < 4.78 is 26.5. The fourth-order valence-corrected chi connectivity index (χ4v) is 4.24. The molecular weight excluding hydrogens is 330 g/mol. The van der Waals surface area contributed by atoms with Crippen LogP contribution in [0, 0.1) is 10.1 Å². The van der Waals surface area contributed by atoms with Crippen LogP contribution < -0.4 is 5.32 Å². The van der Waals surface area contributed by atoms with E-state index in [0.717, 1.165) is 0 Å². The highest BCUT2D eigenvalue weighted by molar-refractivity contribution is 7.88. The van der Waals surface area contributed by atoms with Crippen LogP contribution in [0.15, 0.2) is 24.3 Å². The molecule has 0 amide bonds. The van der Waals surface area contributed by atoms with E-state index in [1.54, 1.807) is 0 Å². The molecule has 124 valence electrons. The Morgan fingerprint density at radius 1 is 1.32 bits per heavy atom. The number of hydrogen-bond acceptors (Lipinski definition) is 5. The largest absolute Gasteiger partial charge is 0.311 e. The second-order valence-corrected chi connectivity index (χ2v) is 7.33. The molecule has 1 aliphatic heterocycles. The lowest BCUT2D eigenvalue weighted by Crippen LogP contribution is -2.56. The van der Waals surface area contributed by atoms with Crippen molar-refractivity contribution in [2.24, 2.45) is 0 Å². The number of nitro groups is 1. The Kier molecular flexibility index (Phi) is 6.30. The molecule has 2 unspecified atom stereocenters. The molecule has 1 saturated heterocycles. The highest BCUT2D eigenvalue weighted by Gasteiger charge is 2.32. The molecule has 0 aromatic heterocycles. The van der Waals surface area contributed by atoms with Crippen LogP contribution in [0.2, 0.25) is 0 Å². The minimum atomic E-state index is -3.43. The summed E-state index contributed by atoms with van der Waals surface area (Å²) in [6, 6.07) is 5.67. The second kappa shape index (κ2) is 7.36. The Balaban J connectivity index is 0.00000242. The summed E-state index contributed by atoms with van der Waals surface area (Å²) >= 11 is 0. The molecule has 1 aromatic carbocycles. The first kappa shape index (κ1) is 18.8. The molecular formula is C13H20ClN3O4S. The highest BCUT2D eigenvalue weighted by Crippen LogP contribution is 2.19. The average Bonchev–Trinajstić information content (AvgIpc) is 2.41. The van der Waals surface area contributed by atoms with Gasteiger partial charge in [-0.1, -0.05) is 12.1 Å². The van der Waals surface area contributed by atoms with Crippen molar-refractivity contribution in [1.82, 2.24) is 9.62 Å². The van der Waals surface area contributed by atoms with Crippen molar-refractivity contribution in [1.29, 1.82) is 0 Å². The number of non-ortho nitro benzene ring substituents is 1. The number of halogens is 1. The summed E-state index contributed by atoms with van der Waals surface area (Å²) in [5.41, 5.74) is 0.513. The molecule has 1 N–H and O–H groups in total. The third-order valence-corrected chi connectivity index (χ3v) is 5.48. The lowest BCUT2D eigenvalue weighted by atomic mass is 10.2. The predicted octanol–water partition coefficient (Wildman–Crippen LogP) is 1.53. The van der Waals surface area contributed by atoms with Gasteiger partial charge in [-0.2, -0.15) is 4.31 Å². The average molecular weight is 350 g/mol. The van der Waals surface area contributed by atoms with Crippen LogP contribution in [-0.2, 0) is 15.8 Å². The smallest absolute Gasteiger partial charge is 0.269 e. The zero-order chi connectivity index (χ0) is 15.6. The van der Waals surface area contributed by atoms with Crippen LogP contribution >= 0.6 is 12.4 Å². The SMILES string of the molecule is CC1CN(S(=O)(=O)Cc2ccc([N+](=O)[O-])cc2)C(C)CN1.Cl. The quantitative estimate of drug-likeness (QED) is 0.657. The number of benzene rings is 1. The highest BCUT2D eigenvalue weighted by atomic mass is 35.5. The fraction of sp³-hybridized carbons (Fsp3) is 0.538. The van der Waals surface area contributed by atoms with Gasteiger partial charge < -0.3 is 5.32 Å². The Hall–Kier alpha value is -1.22. The number of rotatable bonds is 4. The number of nitrogens with zero attached hydrogens (tertiary/aromatic N) is 2. The fourth-order valence-electron chi connectivity index (χ4n) is 2.38. The Morgan fingerprint density at radius 3 is 2.45 bits per heavy atom. The number of sulfonamides is 1. The molecule has 1 aromatic rings. The van der Waals surface area contributed by atoms with Crippen LogP contribution in [0.3, 0.4) is 0 Å². The van der Waals surface area contributed by atoms with Gasteiger partial charge in [0.1, 0.15) is 0 Å². The molecule has 1 heterocycles. The molecule has 0 aliphatic carbocycles. The van der Waals surface area contributed by atoms with Gasteiger partial charge in [0.25, 0.3) is 5.69 Å². The van der Waals surface area contributed by atoms with Gasteiger partial charge in [-0.15, -0.1) is 12.4 Å². The van der Waals surface area contributed by atoms with Gasteiger partial charge in [-0.25, -0.2) is 8.42 Å². The summed E-state index contributed by atoms with van der Waals surface area (Å²) in [7, 11) is -3.43. The lowest BCUT2D eigenvalue weighted by molar-refractivity contribution is -0.384. The van der Waals surface area contributed by atoms with Crippen molar-refractivity contribution in [3.63, 3.8) is 0 Å². The number of nitrogens with one attached hydrogen (secondary N) is 1. The van der Waals surface area contributed by atoms with E-state index in [9.17, 15) is 18.5 Å². The molecule has 0 bridgehead atoms. The van der Waals surface area contributed by atoms with E-state index in [2.05, 4.69) is 5.32 Å². The van der Waals surface area contributed by atoms with Crippen molar-refractivity contribution in [3.8, 4) is 0 Å². The van der Waals surface area contributed by atoms with E-state index < -0.39 is 14.9 Å². The van der Waals surface area contributed by atoms with Gasteiger partial charge in [-0.05, 0) is 19.4 Å².